The SMILES string of the molecule is CC(c1ccsc1C(=O)O)C1CCC1. The molecule has 1 aromatic rings. The van der Waals surface area contributed by atoms with E-state index in [2.05, 4.69) is 6.92 Å². The van der Waals surface area contributed by atoms with E-state index in [0.29, 0.717) is 16.7 Å². The van der Waals surface area contributed by atoms with Crippen molar-refractivity contribution < 1.29 is 9.90 Å². The van der Waals surface area contributed by atoms with Gasteiger partial charge in [0.05, 0.1) is 0 Å². The van der Waals surface area contributed by atoms with Crippen molar-refractivity contribution in [2.75, 3.05) is 0 Å². The number of aromatic carboxylic acids is 1. The summed E-state index contributed by atoms with van der Waals surface area (Å²) in [5.41, 5.74) is 1.03. The first-order valence-electron chi connectivity index (χ1n) is 5.01. The number of rotatable bonds is 3. The topological polar surface area (TPSA) is 37.3 Å². The fraction of sp³-hybridized carbons (Fsp3) is 0.545. The lowest BCUT2D eigenvalue weighted by Gasteiger charge is -2.31. The molecule has 3 heteroatoms. The standard InChI is InChI=1S/C11H14O2S/c1-7(8-3-2-4-8)9-5-6-14-10(9)11(12)13/h5-8H,2-4H2,1H3,(H,12,13). The summed E-state index contributed by atoms with van der Waals surface area (Å²) in [6, 6.07) is 1.97. The molecular formula is C11H14O2S. The van der Waals surface area contributed by atoms with E-state index in [1.54, 1.807) is 0 Å². The lowest BCUT2D eigenvalue weighted by Crippen LogP contribution is -2.19. The van der Waals surface area contributed by atoms with Gasteiger partial charge in [-0.2, -0.15) is 0 Å². The molecule has 0 radical (unpaired) electrons. The predicted octanol–water partition coefficient (Wildman–Crippen LogP) is 3.35. The molecule has 1 aliphatic carbocycles. The Morgan fingerprint density at radius 2 is 2.36 bits per heavy atom. The fourth-order valence-electron chi connectivity index (χ4n) is 2.05. The van der Waals surface area contributed by atoms with E-state index in [1.807, 2.05) is 11.4 Å². The summed E-state index contributed by atoms with van der Waals surface area (Å²) < 4.78 is 0. The van der Waals surface area contributed by atoms with Gasteiger partial charge in [-0.3, -0.25) is 0 Å². The number of carbonyl (C=O) groups is 1. The van der Waals surface area contributed by atoms with Crippen molar-refractivity contribution in [3.63, 3.8) is 0 Å². The maximum absolute atomic E-state index is 10.9. The van der Waals surface area contributed by atoms with Crippen molar-refractivity contribution in [3.05, 3.63) is 21.9 Å². The van der Waals surface area contributed by atoms with E-state index in [4.69, 9.17) is 5.11 Å². The highest BCUT2D eigenvalue weighted by Crippen LogP contribution is 2.41. The minimum Gasteiger partial charge on any atom is -0.477 e. The average molecular weight is 210 g/mol. The molecule has 0 spiro atoms. The Balaban J connectivity index is 2.21. The van der Waals surface area contributed by atoms with E-state index in [0.717, 1.165) is 5.56 Å². The van der Waals surface area contributed by atoms with E-state index in [-0.39, 0.29) is 0 Å². The van der Waals surface area contributed by atoms with Crippen molar-refractivity contribution in [3.8, 4) is 0 Å². The van der Waals surface area contributed by atoms with Gasteiger partial charge in [0.1, 0.15) is 4.88 Å². The van der Waals surface area contributed by atoms with E-state index in [9.17, 15) is 4.79 Å². The average Bonchev–Trinajstić information content (AvgIpc) is 2.47. The van der Waals surface area contributed by atoms with Gasteiger partial charge < -0.3 is 5.11 Å². The molecule has 0 saturated heterocycles. The number of carboxylic acids is 1. The molecule has 76 valence electrons. The van der Waals surface area contributed by atoms with Crippen molar-refractivity contribution in [2.24, 2.45) is 5.92 Å². The number of hydrogen-bond acceptors (Lipinski definition) is 2. The zero-order valence-corrected chi connectivity index (χ0v) is 9.01. The first-order valence-corrected chi connectivity index (χ1v) is 5.89. The molecule has 1 saturated carbocycles. The molecule has 1 unspecified atom stereocenters. The lowest BCUT2D eigenvalue weighted by molar-refractivity contribution is 0.0699. The van der Waals surface area contributed by atoms with Gasteiger partial charge in [0.2, 0.25) is 0 Å². The molecule has 1 fully saturated rings. The number of carboxylic acid groups (broad SMARTS) is 1. The first-order chi connectivity index (χ1) is 6.70. The minimum atomic E-state index is -0.777. The summed E-state index contributed by atoms with van der Waals surface area (Å²) >= 11 is 1.34. The summed E-state index contributed by atoms with van der Waals surface area (Å²) in [5, 5.41) is 10.9. The van der Waals surface area contributed by atoms with Crippen molar-refractivity contribution in [2.45, 2.75) is 32.1 Å². The molecule has 1 aromatic heterocycles. The van der Waals surface area contributed by atoms with E-state index < -0.39 is 5.97 Å². The molecule has 1 N–H and O–H groups in total. The monoisotopic (exact) mass is 210 g/mol. The quantitative estimate of drug-likeness (QED) is 0.830. The molecule has 0 aliphatic heterocycles. The van der Waals surface area contributed by atoms with Crippen LogP contribution < -0.4 is 0 Å². The van der Waals surface area contributed by atoms with Crippen LogP contribution >= 0.6 is 11.3 Å². The summed E-state index contributed by atoms with van der Waals surface area (Å²) in [6.45, 7) is 2.15. The van der Waals surface area contributed by atoms with Crippen LogP contribution in [0.3, 0.4) is 0 Å². The maximum Gasteiger partial charge on any atom is 0.346 e. The van der Waals surface area contributed by atoms with Crippen LogP contribution in [0, 0.1) is 5.92 Å². The Morgan fingerprint density at radius 3 is 2.86 bits per heavy atom. The van der Waals surface area contributed by atoms with Gasteiger partial charge >= 0.3 is 5.97 Å². The molecule has 1 heterocycles. The highest BCUT2D eigenvalue weighted by atomic mass is 32.1. The predicted molar refractivity (Wildman–Crippen MR) is 57.0 cm³/mol. The van der Waals surface area contributed by atoms with Gasteiger partial charge in [0.15, 0.2) is 0 Å². The Bertz CT molecular complexity index is 339. The van der Waals surface area contributed by atoms with Crippen LogP contribution in [-0.2, 0) is 0 Å². The van der Waals surface area contributed by atoms with Crippen LogP contribution in [-0.4, -0.2) is 11.1 Å². The highest BCUT2D eigenvalue weighted by molar-refractivity contribution is 7.12. The van der Waals surface area contributed by atoms with Crippen LogP contribution in [0.15, 0.2) is 11.4 Å². The second-order valence-electron chi connectivity index (χ2n) is 3.99. The van der Waals surface area contributed by atoms with Gasteiger partial charge in [-0.15, -0.1) is 11.3 Å². The molecule has 1 atom stereocenters. The van der Waals surface area contributed by atoms with Crippen LogP contribution in [0.2, 0.25) is 0 Å². The first kappa shape index (κ1) is 9.71. The third-order valence-electron chi connectivity index (χ3n) is 3.24. The smallest absolute Gasteiger partial charge is 0.346 e. The van der Waals surface area contributed by atoms with E-state index in [1.165, 1.54) is 30.6 Å². The summed E-state index contributed by atoms with van der Waals surface area (Å²) in [5.74, 6) is 0.352. The zero-order chi connectivity index (χ0) is 10.1. The van der Waals surface area contributed by atoms with Gasteiger partial charge in [0, 0.05) is 0 Å². The molecule has 0 bridgehead atoms. The van der Waals surface area contributed by atoms with Crippen LogP contribution in [0.5, 0.6) is 0 Å². The Kier molecular flexibility index (Phi) is 2.59. The van der Waals surface area contributed by atoms with Crippen molar-refractivity contribution in [1.82, 2.24) is 0 Å². The Hall–Kier alpha value is -0.830. The second-order valence-corrected chi connectivity index (χ2v) is 4.91. The molecule has 0 amide bonds. The molecule has 14 heavy (non-hydrogen) atoms. The second kappa shape index (κ2) is 3.73. The fourth-order valence-corrected chi connectivity index (χ4v) is 2.89. The maximum atomic E-state index is 10.9. The molecule has 1 aliphatic rings. The summed E-state index contributed by atoms with van der Waals surface area (Å²) in [4.78, 5) is 11.5. The van der Waals surface area contributed by atoms with Crippen LogP contribution in [0.25, 0.3) is 0 Å². The van der Waals surface area contributed by atoms with Crippen LogP contribution in [0.1, 0.15) is 47.3 Å². The Morgan fingerprint density at radius 1 is 1.64 bits per heavy atom. The normalized spacial score (nSPS) is 18.9. The third kappa shape index (κ3) is 1.57. The summed E-state index contributed by atoms with van der Waals surface area (Å²) in [6.07, 6.45) is 3.83. The molecule has 0 aromatic carbocycles. The van der Waals surface area contributed by atoms with Gasteiger partial charge in [-0.05, 0) is 41.7 Å². The summed E-state index contributed by atoms with van der Waals surface area (Å²) in [7, 11) is 0. The van der Waals surface area contributed by atoms with E-state index >= 15 is 0 Å². The zero-order valence-electron chi connectivity index (χ0n) is 8.19. The highest BCUT2D eigenvalue weighted by Gasteiger charge is 2.28. The molecule has 2 nitrogen and oxygen atoms in total. The van der Waals surface area contributed by atoms with Gasteiger partial charge in [0.25, 0.3) is 0 Å². The van der Waals surface area contributed by atoms with Gasteiger partial charge in [-0.1, -0.05) is 13.3 Å². The van der Waals surface area contributed by atoms with Crippen LogP contribution in [0.4, 0.5) is 0 Å². The third-order valence-corrected chi connectivity index (χ3v) is 4.16. The lowest BCUT2D eigenvalue weighted by atomic mass is 9.74. The number of hydrogen-bond donors (Lipinski definition) is 1. The largest absolute Gasteiger partial charge is 0.477 e. The molecular weight excluding hydrogens is 196 g/mol. The number of thiophene rings is 1. The van der Waals surface area contributed by atoms with Crippen molar-refractivity contribution >= 4 is 17.3 Å². The van der Waals surface area contributed by atoms with Crippen molar-refractivity contribution in [1.29, 1.82) is 0 Å². The Labute approximate surface area is 87.6 Å². The molecule has 2 rings (SSSR count). The minimum absolute atomic E-state index is 0.418. The van der Waals surface area contributed by atoms with Gasteiger partial charge in [-0.25, -0.2) is 4.79 Å².